The van der Waals surface area contributed by atoms with Crippen LogP contribution >= 0.6 is 0 Å². The predicted octanol–water partition coefficient (Wildman–Crippen LogP) is 3.08. The molecule has 3 rings (SSSR count). The highest BCUT2D eigenvalue weighted by Gasteiger charge is 2.19. The molecule has 1 unspecified atom stereocenters. The fourth-order valence-electron chi connectivity index (χ4n) is 3.94. The molecule has 0 radical (unpaired) electrons. The molecule has 1 saturated heterocycles. The number of benzene rings is 2. The maximum atomic E-state index is 10.3. The molecule has 30 heavy (non-hydrogen) atoms. The van der Waals surface area contributed by atoms with E-state index in [4.69, 9.17) is 4.74 Å². The molecule has 1 aliphatic rings. The number of nitrogens with zero attached hydrogens (tertiary/aromatic N) is 2. The monoisotopic (exact) mass is 412 g/mol. The van der Waals surface area contributed by atoms with Gasteiger partial charge in [0.05, 0.1) is 6.10 Å². The van der Waals surface area contributed by atoms with Gasteiger partial charge in [-0.25, -0.2) is 0 Å². The molecule has 1 fully saturated rings. The Morgan fingerprint density at radius 1 is 1.03 bits per heavy atom. The minimum Gasteiger partial charge on any atom is -0.491 e. The molecular weight excluding hydrogens is 376 g/mol. The first-order chi connectivity index (χ1) is 14.5. The van der Waals surface area contributed by atoms with Crippen molar-refractivity contribution in [2.45, 2.75) is 51.5 Å². The summed E-state index contributed by atoms with van der Waals surface area (Å²) in [7, 11) is 2.13. The SMILES string of the molecule is CCc1ccc(CN(C)Cc2cccc(OCC(O)CN3CCC(O)CC3)c2)cc1. The highest BCUT2D eigenvalue weighted by molar-refractivity contribution is 5.29. The number of β-amino-alcohol motifs (C(OH)–C–C–N with tert-alkyl or cyclic N) is 1. The van der Waals surface area contributed by atoms with Crippen molar-refractivity contribution in [3.63, 3.8) is 0 Å². The van der Waals surface area contributed by atoms with Crippen LogP contribution in [0.25, 0.3) is 0 Å². The molecular formula is C25H36N2O3. The first kappa shape index (κ1) is 22.8. The van der Waals surface area contributed by atoms with Crippen LogP contribution in [0.5, 0.6) is 5.75 Å². The molecule has 2 aromatic carbocycles. The van der Waals surface area contributed by atoms with Gasteiger partial charge in [-0.05, 0) is 55.1 Å². The highest BCUT2D eigenvalue weighted by atomic mass is 16.5. The second kappa shape index (κ2) is 11.5. The maximum absolute atomic E-state index is 10.3. The Balaban J connectivity index is 1.44. The van der Waals surface area contributed by atoms with Crippen molar-refractivity contribution in [1.29, 1.82) is 0 Å². The van der Waals surface area contributed by atoms with Gasteiger partial charge in [0.15, 0.2) is 0 Å². The van der Waals surface area contributed by atoms with Gasteiger partial charge in [0.2, 0.25) is 0 Å². The summed E-state index contributed by atoms with van der Waals surface area (Å²) < 4.78 is 5.85. The van der Waals surface area contributed by atoms with Crippen LogP contribution in [0, 0.1) is 0 Å². The fraction of sp³-hybridized carbons (Fsp3) is 0.520. The van der Waals surface area contributed by atoms with Crippen molar-refractivity contribution in [1.82, 2.24) is 9.80 Å². The van der Waals surface area contributed by atoms with E-state index in [2.05, 4.69) is 60.2 Å². The first-order valence-corrected chi connectivity index (χ1v) is 11.1. The quantitative estimate of drug-likeness (QED) is 0.628. The summed E-state index contributed by atoms with van der Waals surface area (Å²) in [4.78, 5) is 4.48. The largest absolute Gasteiger partial charge is 0.491 e. The average Bonchev–Trinajstić information content (AvgIpc) is 2.75. The lowest BCUT2D eigenvalue weighted by molar-refractivity contribution is 0.0337. The molecule has 2 aromatic rings. The zero-order valence-electron chi connectivity index (χ0n) is 18.3. The molecule has 0 aliphatic carbocycles. The van der Waals surface area contributed by atoms with Gasteiger partial charge in [0, 0.05) is 32.7 Å². The van der Waals surface area contributed by atoms with Gasteiger partial charge in [-0.15, -0.1) is 0 Å². The number of likely N-dealkylation sites (tertiary alicyclic amines) is 1. The van der Waals surface area contributed by atoms with E-state index in [1.807, 2.05) is 12.1 Å². The molecule has 0 saturated carbocycles. The third kappa shape index (κ3) is 7.40. The molecule has 0 bridgehead atoms. The fourth-order valence-corrected chi connectivity index (χ4v) is 3.94. The predicted molar refractivity (Wildman–Crippen MR) is 121 cm³/mol. The smallest absolute Gasteiger partial charge is 0.119 e. The van der Waals surface area contributed by atoms with E-state index in [1.165, 1.54) is 16.7 Å². The van der Waals surface area contributed by atoms with Crippen molar-refractivity contribution in [3.8, 4) is 5.75 Å². The summed E-state index contributed by atoms with van der Waals surface area (Å²) in [6.45, 7) is 6.45. The van der Waals surface area contributed by atoms with Crippen LogP contribution in [0.1, 0.15) is 36.5 Å². The van der Waals surface area contributed by atoms with Crippen molar-refractivity contribution in [2.24, 2.45) is 0 Å². The van der Waals surface area contributed by atoms with Crippen LogP contribution in [0.2, 0.25) is 0 Å². The molecule has 2 N–H and O–H groups in total. The Kier molecular flexibility index (Phi) is 8.70. The van der Waals surface area contributed by atoms with Crippen molar-refractivity contribution in [2.75, 3.05) is 33.3 Å². The van der Waals surface area contributed by atoms with Gasteiger partial charge in [0.25, 0.3) is 0 Å². The third-order valence-corrected chi connectivity index (χ3v) is 5.70. The van der Waals surface area contributed by atoms with E-state index in [0.717, 1.165) is 51.2 Å². The van der Waals surface area contributed by atoms with Crippen LogP contribution in [-0.4, -0.2) is 65.5 Å². The van der Waals surface area contributed by atoms with Gasteiger partial charge in [-0.2, -0.15) is 0 Å². The summed E-state index contributed by atoms with van der Waals surface area (Å²) in [6, 6.07) is 16.9. The molecule has 1 atom stereocenters. The van der Waals surface area contributed by atoms with Crippen LogP contribution in [-0.2, 0) is 19.5 Å². The zero-order valence-corrected chi connectivity index (χ0v) is 18.3. The average molecular weight is 413 g/mol. The van der Waals surface area contributed by atoms with E-state index in [1.54, 1.807) is 0 Å². The molecule has 0 aromatic heterocycles. The molecule has 0 amide bonds. The molecule has 5 heteroatoms. The Hall–Kier alpha value is -1.92. The number of hydrogen-bond donors (Lipinski definition) is 2. The molecule has 1 aliphatic heterocycles. The summed E-state index contributed by atoms with van der Waals surface area (Å²) in [5.41, 5.74) is 3.88. The zero-order chi connectivity index (χ0) is 21.3. The van der Waals surface area contributed by atoms with E-state index in [-0.39, 0.29) is 12.7 Å². The minimum absolute atomic E-state index is 0.189. The summed E-state index contributed by atoms with van der Waals surface area (Å²) in [6.07, 6.45) is 1.92. The second-order valence-electron chi connectivity index (χ2n) is 8.49. The van der Waals surface area contributed by atoms with Crippen molar-refractivity contribution in [3.05, 3.63) is 65.2 Å². The second-order valence-corrected chi connectivity index (χ2v) is 8.49. The van der Waals surface area contributed by atoms with Crippen LogP contribution in [0.4, 0.5) is 0 Å². The number of rotatable bonds is 10. The molecule has 1 heterocycles. The lowest BCUT2D eigenvalue weighted by Gasteiger charge is -2.30. The van der Waals surface area contributed by atoms with Gasteiger partial charge >= 0.3 is 0 Å². The molecule has 5 nitrogen and oxygen atoms in total. The van der Waals surface area contributed by atoms with Gasteiger partial charge in [-0.3, -0.25) is 4.90 Å². The number of ether oxygens (including phenoxy) is 1. The Morgan fingerprint density at radius 3 is 2.40 bits per heavy atom. The van der Waals surface area contributed by atoms with E-state index in [9.17, 15) is 10.2 Å². The standard InChI is InChI=1S/C25H36N2O3/c1-3-20-7-9-21(10-8-20)16-26(2)17-22-5-4-6-25(15-22)30-19-24(29)18-27-13-11-23(28)12-14-27/h4-10,15,23-24,28-29H,3,11-14,16-19H2,1-2H3. The third-order valence-electron chi connectivity index (χ3n) is 5.70. The van der Waals surface area contributed by atoms with Crippen molar-refractivity contribution >= 4 is 0 Å². The normalized spacial score (nSPS) is 16.7. The molecule has 0 spiro atoms. The van der Waals surface area contributed by atoms with E-state index in [0.29, 0.717) is 6.54 Å². The van der Waals surface area contributed by atoms with Crippen LogP contribution < -0.4 is 4.74 Å². The number of hydrogen-bond acceptors (Lipinski definition) is 5. The van der Waals surface area contributed by atoms with Gasteiger partial charge in [0.1, 0.15) is 18.5 Å². The van der Waals surface area contributed by atoms with Crippen molar-refractivity contribution < 1.29 is 14.9 Å². The Morgan fingerprint density at radius 2 is 1.70 bits per heavy atom. The lowest BCUT2D eigenvalue weighted by Crippen LogP contribution is -2.41. The minimum atomic E-state index is -0.530. The van der Waals surface area contributed by atoms with E-state index < -0.39 is 6.10 Å². The van der Waals surface area contributed by atoms with Gasteiger partial charge < -0.3 is 19.8 Å². The number of piperidine rings is 1. The summed E-state index contributed by atoms with van der Waals surface area (Å²) in [5.74, 6) is 0.793. The summed E-state index contributed by atoms with van der Waals surface area (Å²) >= 11 is 0. The van der Waals surface area contributed by atoms with Crippen LogP contribution in [0.15, 0.2) is 48.5 Å². The maximum Gasteiger partial charge on any atom is 0.119 e. The molecule has 164 valence electrons. The highest BCUT2D eigenvalue weighted by Crippen LogP contribution is 2.17. The van der Waals surface area contributed by atoms with Crippen LogP contribution in [0.3, 0.4) is 0 Å². The Labute approximate surface area is 180 Å². The van der Waals surface area contributed by atoms with E-state index >= 15 is 0 Å². The van der Waals surface area contributed by atoms with Gasteiger partial charge in [-0.1, -0.05) is 43.3 Å². The topological polar surface area (TPSA) is 56.2 Å². The number of aliphatic hydroxyl groups excluding tert-OH is 2. The number of aryl methyl sites for hydroxylation is 1. The lowest BCUT2D eigenvalue weighted by atomic mass is 10.1. The first-order valence-electron chi connectivity index (χ1n) is 11.1. The Bertz CT molecular complexity index is 757. The summed E-state index contributed by atoms with van der Waals surface area (Å²) in [5, 5.41) is 19.9. The number of aliphatic hydroxyl groups is 2.